The van der Waals surface area contributed by atoms with E-state index >= 15 is 0 Å². The summed E-state index contributed by atoms with van der Waals surface area (Å²) >= 11 is 0. The Labute approximate surface area is 123 Å². The predicted octanol–water partition coefficient (Wildman–Crippen LogP) is 2.06. The summed E-state index contributed by atoms with van der Waals surface area (Å²) in [5, 5.41) is 9.68. The summed E-state index contributed by atoms with van der Waals surface area (Å²) in [6, 6.07) is 4.98. The molecule has 1 fully saturated rings. The van der Waals surface area contributed by atoms with Gasteiger partial charge in [-0.2, -0.15) is 0 Å². The Kier molecular flexibility index (Phi) is 3.32. The summed E-state index contributed by atoms with van der Waals surface area (Å²) in [6.07, 6.45) is 3.93. The van der Waals surface area contributed by atoms with Crippen LogP contribution in [0.25, 0.3) is 0 Å². The monoisotopic (exact) mass is 311 g/mol. The molecule has 0 aromatic heterocycles. The zero-order chi connectivity index (χ0) is 15.1. The molecule has 1 aromatic carbocycles. The summed E-state index contributed by atoms with van der Waals surface area (Å²) in [5.41, 5.74) is 0.0440. The molecule has 2 aliphatic rings. The third-order valence-corrected chi connectivity index (χ3v) is 5.24. The molecule has 7 heteroatoms. The molecule has 1 aromatic rings. The van der Waals surface area contributed by atoms with Crippen LogP contribution in [0, 0.1) is 0 Å². The van der Waals surface area contributed by atoms with Crippen molar-refractivity contribution in [1.29, 1.82) is 0 Å². The van der Waals surface area contributed by atoms with Crippen molar-refractivity contribution in [2.75, 3.05) is 10.7 Å². The van der Waals surface area contributed by atoms with Gasteiger partial charge in [0.05, 0.1) is 11.1 Å². The Morgan fingerprint density at radius 1 is 1.24 bits per heavy atom. The van der Waals surface area contributed by atoms with Crippen LogP contribution in [0.15, 0.2) is 18.2 Å². The highest BCUT2D eigenvalue weighted by Crippen LogP contribution is 2.42. The summed E-state index contributed by atoms with van der Waals surface area (Å²) < 4.78 is 30.7. The van der Waals surface area contributed by atoms with Crippen molar-refractivity contribution in [3.8, 4) is 5.75 Å². The molecule has 1 aliphatic carbocycles. The SMILES string of the molecule is O=C(O)C1(c2ccc3c(c2)NS(=O)(=O)CO3)CCCCC1. The van der Waals surface area contributed by atoms with Gasteiger partial charge < -0.3 is 9.84 Å². The molecule has 0 atom stereocenters. The molecule has 0 bridgehead atoms. The van der Waals surface area contributed by atoms with Crippen LogP contribution < -0.4 is 9.46 Å². The lowest BCUT2D eigenvalue weighted by Crippen LogP contribution is -2.38. The second-order valence-corrected chi connectivity index (χ2v) is 7.31. The molecule has 21 heavy (non-hydrogen) atoms. The second kappa shape index (κ2) is 4.91. The zero-order valence-electron chi connectivity index (χ0n) is 11.5. The molecule has 1 saturated carbocycles. The predicted molar refractivity (Wildman–Crippen MR) is 76.9 cm³/mol. The number of carbonyl (C=O) groups is 1. The highest BCUT2D eigenvalue weighted by atomic mass is 32.2. The van der Waals surface area contributed by atoms with Crippen molar-refractivity contribution in [1.82, 2.24) is 0 Å². The smallest absolute Gasteiger partial charge is 0.314 e. The van der Waals surface area contributed by atoms with Crippen molar-refractivity contribution < 1.29 is 23.1 Å². The Balaban J connectivity index is 2.04. The van der Waals surface area contributed by atoms with Crippen LogP contribution in [0.1, 0.15) is 37.7 Å². The largest absolute Gasteiger partial charge is 0.481 e. The first-order valence-electron chi connectivity index (χ1n) is 6.94. The summed E-state index contributed by atoms with van der Waals surface area (Å²) in [5.74, 6) is -0.824. The van der Waals surface area contributed by atoms with Gasteiger partial charge in [-0.3, -0.25) is 9.52 Å². The topological polar surface area (TPSA) is 92.7 Å². The Hall–Kier alpha value is -1.76. The fourth-order valence-electron chi connectivity index (χ4n) is 3.15. The van der Waals surface area contributed by atoms with E-state index in [1.165, 1.54) is 0 Å². The molecule has 6 nitrogen and oxygen atoms in total. The van der Waals surface area contributed by atoms with E-state index in [1.807, 2.05) is 0 Å². The van der Waals surface area contributed by atoms with Gasteiger partial charge in [0.1, 0.15) is 5.75 Å². The number of fused-ring (bicyclic) bond motifs is 1. The van der Waals surface area contributed by atoms with Gasteiger partial charge >= 0.3 is 5.97 Å². The number of sulfonamides is 1. The lowest BCUT2D eigenvalue weighted by Gasteiger charge is -2.34. The van der Waals surface area contributed by atoms with E-state index in [0.717, 1.165) is 19.3 Å². The van der Waals surface area contributed by atoms with Crippen molar-refractivity contribution >= 4 is 21.7 Å². The van der Waals surface area contributed by atoms with E-state index in [-0.39, 0.29) is 0 Å². The molecule has 114 valence electrons. The van der Waals surface area contributed by atoms with E-state index in [2.05, 4.69) is 4.72 Å². The average Bonchev–Trinajstić information content (AvgIpc) is 2.46. The molecular weight excluding hydrogens is 294 g/mol. The highest BCUT2D eigenvalue weighted by molar-refractivity contribution is 7.92. The van der Waals surface area contributed by atoms with Gasteiger partial charge in [-0.05, 0) is 30.5 Å². The molecule has 2 N–H and O–H groups in total. The van der Waals surface area contributed by atoms with Crippen molar-refractivity contribution in [2.45, 2.75) is 37.5 Å². The van der Waals surface area contributed by atoms with Crippen LogP contribution in [-0.2, 0) is 20.2 Å². The van der Waals surface area contributed by atoms with Crippen LogP contribution >= 0.6 is 0 Å². The number of aliphatic carboxylic acids is 1. The zero-order valence-corrected chi connectivity index (χ0v) is 12.3. The van der Waals surface area contributed by atoms with E-state index in [9.17, 15) is 18.3 Å². The summed E-state index contributed by atoms with van der Waals surface area (Å²) in [7, 11) is -3.50. The van der Waals surface area contributed by atoms with Crippen LogP contribution in [0.5, 0.6) is 5.75 Å². The number of benzene rings is 1. The van der Waals surface area contributed by atoms with Gasteiger partial charge in [-0.25, -0.2) is 8.42 Å². The Bertz CT molecular complexity index is 677. The summed E-state index contributed by atoms with van der Waals surface area (Å²) in [6.45, 7) is 0. The maximum absolute atomic E-state index is 11.8. The van der Waals surface area contributed by atoms with Crippen molar-refractivity contribution in [3.05, 3.63) is 23.8 Å². The van der Waals surface area contributed by atoms with E-state index in [1.54, 1.807) is 18.2 Å². The minimum absolute atomic E-state index is 0.324. The molecule has 0 saturated heterocycles. The van der Waals surface area contributed by atoms with Crippen LogP contribution in [-0.4, -0.2) is 25.4 Å². The number of anilines is 1. The standard InChI is InChI=1S/C14H17NO5S/c16-13(17)14(6-2-1-3-7-14)10-4-5-12-11(8-10)15-21(18,19)9-20-12/h4-5,8,15H,1-3,6-7,9H2,(H,16,17). The lowest BCUT2D eigenvalue weighted by atomic mass is 9.69. The maximum atomic E-state index is 11.8. The number of ether oxygens (including phenoxy) is 1. The van der Waals surface area contributed by atoms with Gasteiger partial charge in [0.15, 0.2) is 0 Å². The van der Waals surface area contributed by atoms with Crippen LogP contribution in [0.3, 0.4) is 0 Å². The van der Waals surface area contributed by atoms with Crippen LogP contribution in [0.2, 0.25) is 0 Å². The van der Waals surface area contributed by atoms with Gasteiger partial charge in [0, 0.05) is 0 Å². The van der Waals surface area contributed by atoms with E-state index < -0.39 is 27.3 Å². The molecule has 3 rings (SSSR count). The van der Waals surface area contributed by atoms with Gasteiger partial charge in [0.2, 0.25) is 5.94 Å². The second-order valence-electron chi connectivity index (χ2n) is 5.64. The van der Waals surface area contributed by atoms with Crippen molar-refractivity contribution in [2.24, 2.45) is 0 Å². The number of rotatable bonds is 2. The quantitative estimate of drug-likeness (QED) is 0.872. The number of carboxylic acids is 1. The lowest BCUT2D eigenvalue weighted by molar-refractivity contribution is -0.145. The maximum Gasteiger partial charge on any atom is 0.314 e. The molecule has 0 unspecified atom stereocenters. The Morgan fingerprint density at radius 2 is 1.95 bits per heavy atom. The first-order chi connectivity index (χ1) is 9.93. The first-order valence-corrected chi connectivity index (χ1v) is 8.59. The Morgan fingerprint density at radius 3 is 2.62 bits per heavy atom. The minimum Gasteiger partial charge on any atom is -0.481 e. The van der Waals surface area contributed by atoms with Gasteiger partial charge in [-0.1, -0.05) is 25.3 Å². The normalized spacial score (nSPS) is 22.5. The van der Waals surface area contributed by atoms with Crippen LogP contribution in [0.4, 0.5) is 5.69 Å². The molecule has 1 aliphatic heterocycles. The number of nitrogens with one attached hydrogen (secondary N) is 1. The van der Waals surface area contributed by atoms with Gasteiger partial charge in [0.25, 0.3) is 10.0 Å². The molecule has 0 amide bonds. The summed E-state index contributed by atoms with van der Waals surface area (Å²) in [4.78, 5) is 11.8. The first kappa shape index (κ1) is 14.2. The van der Waals surface area contributed by atoms with E-state index in [0.29, 0.717) is 29.8 Å². The third-order valence-electron chi connectivity index (χ3n) is 4.28. The minimum atomic E-state index is -3.50. The average molecular weight is 311 g/mol. The van der Waals surface area contributed by atoms with Crippen molar-refractivity contribution in [3.63, 3.8) is 0 Å². The molecule has 1 heterocycles. The number of hydrogen-bond donors (Lipinski definition) is 2. The molecule has 0 radical (unpaired) electrons. The van der Waals surface area contributed by atoms with E-state index in [4.69, 9.17) is 4.74 Å². The number of hydrogen-bond acceptors (Lipinski definition) is 4. The fourth-order valence-corrected chi connectivity index (χ4v) is 3.99. The molecular formula is C14H17NO5S. The fraction of sp³-hybridized carbons (Fsp3) is 0.500. The molecule has 0 spiro atoms. The van der Waals surface area contributed by atoms with Gasteiger partial charge in [-0.15, -0.1) is 0 Å². The highest BCUT2D eigenvalue weighted by Gasteiger charge is 2.42. The third kappa shape index (κ3) is 2.46. The number of carboxylic acid groups (broad SMARTS) is 1.